The third kappa shape index (κ3) is 3.66. The van der Waals surface area contributed by atoms with Gasteiger partial charge in [0.15, 0.2) is 0 Å². The van der Waals surface area contributed by atoms with Crippen molar-refractivity contribution in [2.45, 2.75) is 45.1 Å². The van der Waals surface area contributed by atoms with Gasteiger partial charge >= 0.3 is 0 Å². The molecule has 0 saturated heterocycles. The van der Waals surface area contributed by atoms with E-state index in [9.17, 15) is 8.42 Å². The van der Waals surface area contributed by atoms with E-state index < -0.39 is 10.0 Å². The Morgan fingerprint density at radius 2 is 2.06 bits per heavy atom. The molecule has 3 atom stereocenters. The average molecular weight is 260 g/mol. The molecule has 0 amide bonds. The smallest absolute Gasteiger partial charge is 0.211 e. The van der Waals surface area contributed by atoms with Gasteiger partial charge in [-0.15, -0.1) is 0 Å². The lowest BCUT2D eigenvalue weighted by Gasteiger charge is -2.22. The number of rotatable bonds is 7. The Morgan fingerprint density at radius 1 is 1.24 bits per heavy atom. The highest BCUT2D eigenvalue weighted by Crippen LogP contribution is 2.44. The topological polar surface area (TPSA) is 58.2 Å². The molecule has 2 fully saturated rings. The highest BCUT2D eigenvalue weighted by Gasteiger charge is 2.40. The predicted octanol–water partition coefficient (Wildman–Crippen LogP) is 1.09. The zero-order chi connectivity index (χ0) is 12.3. The molecule has 100 valence electrons. The SMILES string of the molecule is CCNCCCS(=O)(=O)NC1CC2CCC1C2. The molecule has 0 heterocycles. The van der Waals surface area contributed by atoms with Crippen LogP contribution in [0.5, 0.6) is 0 Å². The highest BCUT2D eigenvalue weighted by molar-refractivity contribution is 7.89. The van der Waals surface area contributed by atoms with Crippen molar-refractivity contribution in [2.24, 2.45) is 11.8 Å². The molecule has 0 aromatic rings. The number of fused-ring (bicyclic) bond motifs is 2. The molecule has 2 aliphatic rings. The van der Waals surface area contributed by atoms with E-state index in [1.807, 2.05) is 6.92 Å². The summed E-state index contributed by atoms with van der Waals surface area (Å²) in [5.41, 5.74) is 0. The van der Waals surface area contributed by atoms with Crippen molar-refractivity contribution < 1.29 is 8.42 Å². The van der Waals surface area contributed by atoms with Gasteiger partial charge in [0.05, 0.1) is 5.75 Å². The first-order valence-corrected chi connectivity index (χ1v) is 8.46. The molecule has 0 radical (unpaired) electrons. The third-order valence-corrected chi connectivity index (χ3v) is 5.57. The second-order valence-corrected chi connectivity index (χ2v) is 7.30. The standard InChI is InChI=1S/C12H24N2O2S/c1-2-13-6-3-7-17(15,16)14-12-9-10-4-5-11(12)8-10/h10-14H,2-9H2,1H3. The molecule has 0 aromatic heterocycles. The van der Waals surface area contributed by atoms with Gasteiger partial charge in [0, 0.05) is 6.04 Å². The minimum absolute atomic E-state index is 0.234. The highest BCUT2D eigenvalue weighted by atomic mass is 32.2. The number of nitrogens with one attached hydrogen (secondary N) is 2. The van der Waals surface area contributed by atoms with Crippen molar-refractivity contribution in [3.8, 4) is 0 Å². The van der Waals surface area contributed by atoms with Crippen LogP contribution in [-0.2, 0) is 10.0 Å². The molecule has 5 heteroatoms. The molecule has 0 spiro atoms. The summed E-state index contributed by atoms with van der Waals surface area (Å²) in [5, 5.41) is 3.15. The molecule has 0 aromatic carbocycles. The average Bonchev–Trinajstić information content (AvgIpc) is 2.85. The molecular formula is C12H24N2O2S. The van der Waals surface area contributed by atoms with Gasteiger partial charge in [-0.05, 0) is 50.6 Å². The maximum absolute atomic E-state index is 11.9. The molecule has 4 nitrogen and oxygen atoms in total. The summed E-state index contributed by atoms with van der Waals surface area (Å²) >= 11 is 0. The van der Waals surface area contributed by atoms with Crippen molar-refractivity contribution in [2.75, 3.05) is 18.8 Å². The molecule has 2 saturated carbocycles. The predicted molar refractivity (Wildman–Crippen MR) is 69.3 cm³/mol. The Morgan fingerprint density at radius 3 is 2.65 bits per heavy atom. The molecule has 2 aliphatic carbocycles. The fourth-order valence-corrected chi connectivity index (χ4v) is 4.63. The maximum atomic E-state index is 11.9. The van der Waals surface area contributed by atoms with Gasteiger partial charge in [0.1, 0.15) is 0 Å². The Hall–Kier alpha value is -0.130. The van der Waals surface area contributed by atoms with Crippen LogP contribution in [0.2, 0.25) is 0 Å². The summed E-state index contributed by atoms with van der Waals surface area (Å²) in [6.07, 6.45) is 5.53. The largest absolute Gasteiger partial charge is 0.317 e. The first kappa shape index (κ1) is 13.3. The number of hydrogen-bond donors (Lipinski definition) is 2. The van der Waals surface area contributed by atoms with E-state index in [0.29, 0.717) is 12.3 Å². The monoisotopic (exact) mass is 260 g/mol. The van der Waals surface area contributed by atoms with Gasteiger partial charge < -0.3 is 5.32 Å². The molecular weight excluding hydrogens is 236 g/mol. The fraction of sp³-hybridized carbons (Fsp3) is 1.00. The van der Waals surface area contributed by atoms with Gasteiger partial charge in [0.2, 0.25) is 10.0 Å². The Bertz CT molecular complexity index is 342. The van der Waals surface area contributed by atoms with Crippen LogP contribution >= 0.6 is 0 Å². The Balaban J connectivity index is 1.73. The quantitative estimate of drug-likeness (QED) is 0.674. The van der Waals surface area contributed by atoms with Crippen LogP contribution in [-0.4, -0.2) is 33.3 Å². The molecule has 2 N–H and O–H groups in total. The van der Waals surface area contributed by atoms with Gasteiger partial charge in [-0.3, -0.25) is 0 Å². The lowest BCUT2D eigenvalue weighted by molar-refractivity contribution is 0.390. The molecule has 2 rings (SSSR count). The van der Waals surface area contributed by atoms with Crippen LogP contribution in [0, 0.1) is 11.8 Å². The summed E-state index contributed by atoms with van der Waals surface area (Å²) < 4.78 is 26.7. The van der Waals surface area contributed by atoms with E-state index in [2.05, 4.69) is 10.0 Å². The van der Waals surface area contributed by atoms with E-state index in [-0.39, 0.29) is 11.8 Å². The van der Waals surface area contributed by atoms with Crippen LogP contribution < -0.4 is 10.0 Å². The first-order valence-electron chi connectivity index (χ1n) is 6.81. The number of sulfonamides is 1. The van der Waals surface area contributed by atoms with E-state index >= 15 is 0 Å². The molecule has 2 bridgehead atoms. The minimum atomic E-state index is -3.06. The van der Waals surface area contributed by atoms with E-state index in [4.69, 9.17) is 0 Å². The summed E-state index contributed by atoms with van der Waals surface area (Å²) in [5.74, 6) is 1.66. The van der Waals surface area contributed by atoms with Crippen LogP contribution in [0.3, 0.4) is 0 Å². The Kier molecular flexibility index (Phi) is 4.44. The molecule has 3 unspecified atom stereocenters. The third-order valence-electron chi connectivity index (χ3n) is 4.09. The van der Waals surface area contributed by atoms with Gasteiger partial charge in [-0.25, -0.2) is 13.1 Å². The van der Waals surface area contributed by atoms with Crippen LogP contribution in [0.4, 0.5) is 0 Å². The van der Waals surface area contributed by atoms with Gasteiger partial charge in [-0.1, -0.05) is 13.3 Å². The van der Waals surface area contributed by atoms with Crippen LogP contribution in [0.1, 0.15) is 39.0 Å². The molecule has 0 aliphatic heterocycles. The van der Waals surface area contributed by atoms with Crippen LogP contribution in [0.25, 0.3) is 0 Å². The van der Waals surface area contributed by atoms with Gasteiger partial charge in [0.25, 0.3) is 0 Å². The normalized spacial score (nSPS) is 32.2. The van der Waals surface area contributed by atoms with Crippen LogP contribution in [0.15, 0.2) is 0 Å². The van der Waals surface area contributed by atoms with Crippen molar-refractivity contribution in [1.82, 2.24) is 10.0 Å². The summed E-state index contributed by atoms with van der Waals surface area (Å²) in [6.45, 7) is 3.72. The zero-order valence-electron chi connectivity index (χ0n) is 10.6. The zero-order valence-corrected chi connectivity index (χ0v) is 11.4. The lowest BCUT2D eigenvalue weighted by Crippen LogP contribution is -2.40. The van der Waals surface area contributed by atoms with E-state index in [1.165, 1.54) is 19.3 Å². The second-order valence-electron chi connectivity index (χ2n) is 5.43. The van der Waals surface area contributed by atoms with Gasteiger partial charge in [-0.2, -0.15) is 0 Å². The fourth-order valence-electron chi connectivity index (χ4n) is 3.24. The van der Waals surface area contributed by atoms with E-state index in [0.717, 1.165) is 25.4 Å². The van der Waals surface area contributed by atoms with Crippen molar-refractivity contribution in [3.63, 3.8) is 0 Å². The summed E-state index contributed by atoms with van der Waals surface area (Å²) in [4.78, 5) is 0. The number of hydrogen-bond acceptors (Lipinski definition) is 3. The summed E-state index contributed by atoms with van der Waals surface area (Å²) in [6, 6.07) is 0.234. The van der Waals surface area contributed by atoms with Crippen molar-refractivity contribution in [3.05, 3.63) is 0 Å². The molecule has 17 heavy (non-hydrogen) atoms. The first-order chi connectivity index (χ1) is 8.11. The van der Waals surface area contributed by atoms with Crippen molar-refractivity contribution >= 4 is 10.0 Å². The maximum Gasteiger partial charge on any atom is 0.211 e. The second kappa shape index (κ2) is 5.67. The van der Waals surface area contributed by atoms with Crippen molar-refractivity contribution in [1.29, 1.82) is 0 Å². The lowest BCUT2D eigenvalue weighted by atomic mass is 9.96. The van der Waals surface area contributed by atoms with E-state index in [1.54, 1.807) is 0 Å². The summed E-state index contributed by atoms with van der Waals surface area (Å²) in [7, 11) is -3.06. The minimum Gasteiger partial charge on any atom is -0.317 e. The Labute approximate surface area is 105 Å².